The molecule has 0 fully saturated rings. The molecule has 0 aliphatic carbocycles. The Labute approximate surface area is 266 Å². The number of nitrogens with zero attached hydrogens (tertiary/aromatic N) is 1. The molecule has 0 bridgehead atoms. The Morgan fingerprint density at radius 3 is 1.96 bits per heavy atom. The maximum Gasteiger partial charge on any atom is 0.135 e. The van der Waals surface area contributed by atoms with Gasteiger partial charge in [0.2, 0.25) is 0 Å². The van der Waals surface area contributed by atoms with Crippen LogP contribution in [0.15, 0.2) is 164 Å². The van der Waals surface area contributed by atoms with Crippen LogP contribution in [0.5, 0.6) is 11.5 Å². The lowest BCUT2D eigenvalue weighted by atomic mass is 9.91. The standard InChI is InChI=1S/C44H27NO/c1-2-16-35-28(9-1)21-23-40-44(35)37-17-3-4-19-39(37)45(40)34-15-6-14-32(26-34)30-12-5-13-31(25-30)33-22-24-41-38(27-33)36-18-7-10-29-11-8-20-42(46-41)43(29)36/h1-27H. The van der Waals surface area contributed by atoms with Crippen LogP contribution in [0.1, 0.15) is 0 Å². The van der Waals surface area contributed by atoms with Gasteiger partial charge in [0, 0.05) is 27.4 Å². The van der Waals surface area contributed by atoms with Gasteiger partial charge in [0.1, 0.15) is 11.5 Å². The van der Waals surface area contributed by atoms with Gasteiger partial charge in [-0.15, -0.1) is 0 Å². The molecule has 9 aromatic rings. The Morgan fingerprint density at radius 2 is 1.07 bits per heavy atom. The van der Waals surface area contributed by atoms with Gasteiger partial charge < -0.3 is 9.30 Å². The summed E-state index contributed by atoms with van der Waals surface area (Å²) >= 11 is 0. The molecule has 214 valence electrons. The molecule has 46 heavy (non-hydrogen) atoms. The van der Waals surface area contributed by atoms with Crippen molar-refractivity contribution in [3.8, 4) is 50.6 Å². The lowest BCUT2D eigenvalue weighted by Gasteiger charge is -2.22. The summed E-state index contributed by atoms with van der Waals surface area (Å²) in [5.74, 6) is 1.82. The Balaban J connectivity index is 1.09. The van der Waals surface area contributed by atoms with Crippen LogP contribution in [0, 0.1) is 0 Å². The second kappa shape index (κ2) is 9.69. The van der Waals surface area contributed by atoms with Crippen molar-refractivity contribution >= 4 is 43.4 Å². The van der Waals surface area contributed by atoms with E-state index in [1.165, 1.54) is 71.2 Å². The second-order valence-corrected chi connectivity index (χ2v) is 12.1. The first-order valence-corrected chi connectivity index (χ1v) is 15.8. The van der Waals surface area contributed by atoms with E-state index >= 15 is 0 Å². The topological polar surface area (TPSA) is 14.2 Å². The van der Waals surface area contributed by atoms with Gasteiger partial charge in [0.25, 0.3) is 0 Å². The van der Waals surface area contributed by atoms with Crippen molar-refractivity contribution in [2.24, 2.45) is 0 Å². The molecular formula is C44H27NO. The van der Waals surface area contributed by atoms with Crippen molar-refractivity contribution in [1.29, 1.82) is 0 Å². The van der Waals surface area contributed by atoms with Crippen molar-refractivity contribution in [2.75, 3.05) is 0 Å². The molecule has 2 nitrogen and oxygen atoms in total. The van der Waals surface area contributed by atoms with Crippen LogP contribution in [0.4, 0.5) is 0 Å². The van der Waals surface area contributed by atoms with Crippen LogP contribution in [-0.2, 0) is 0 Å². The summed E-state index contributed by atoms with van der Waals surface area (Å²) in [6.07, 6.45) is 0. The Hall–Kier alpha value is -6.12. The first kappa shape index (κ1) is 25.2. The van der Waals surface area contributed by atoms with Crippen LogP contribution >= 0.6 is 0 Å². The third-order valence-electron chi connectivity index (χ3n) is 9.55. The highest BCUT2D eigenvalue weighted by molar-refractivity contribution is 6.21. The smallest absolute Gasteiger partial charge is 0.135 e. The zero-order chi connectivity index (χ0) is 30.2. The lowest BCUT2D eigenvalue weighted by molar-refractivity contribution is 0.487. The summed E-state index contributed by atoms with van der Waals surface area (Å²) in [4.78, 5) is 0. The molecule has 2 heteroatoms. The quantitative estimate of drug-likeness (QED) is 0.201. The molecule has 0 saturated heterocycles. The largest absolute Gasteiger partial charge is 0.456 e. The Bertz CT molecular complexity index is 2670. The number of benzene rings is 8. The van der Waals surface area contributed by atoms with E-state index in [4.69, 9.17) is 4.74 Å². The van der Waals surface area contributed by atoms with E-state index in [-0.39, 0.29) is 0 Å². The van der Waals surface area contributed by atoms with Gasteiger partial charge in [-0.05, 0) is 92.5 Å². The van der Waals surface area contributed by atoms with Gasteiger partial charge in [-0.1, -0.05) is 115 Å². The van der Waals surface area contributed by atoms with Crippen LogP contribution in [0.3, 0.4) is 0 Å². The van der Waals surface area contributed by atoms with E-state index in [0.29, 0.717) is 0 Å². The summed E-state index contributed by atoms with van der Waals surface area (Å²) in [6, 6.07) is 59.1. The molecule has 0 atom stereocenters. The minimum absolute atomic E-state index is 0.901. The molecule has 10 rings (SSSR count). The number of rotatable bonds is 3. The van der Waals surface area contributed by atoms with Crippen molar-refractivity contribution in [3.05, 3.63) is 164 Å². The van der Waals surface area contributed by atoms with Crippen LogP contribution in [0.2, 0.25) is 0 Å². The highest BCUT2D eigenvalue weighted by Crippen LogP contribution is 2.47. The van der Waals surface area contributed by atoms with Gasteiger partial charge in [-0.25, -0.2) is 0 Å². The summed E-state index contributed by atoms with van der Waals surface area (Å²) < 4.78 is 8.77. The van der Waals surface area contributed by atoms with Crippen LogP contribution in [-0.4, -0.2) is 4.57 Å². The maximum atomic E-state index is 6.36. The summed E-state index contributed by atoms with van der Waals surface area (Å²) in [6.45, 7) is 0. The highest BCUT2D eigenvalue weighted by atomic mass is 16.5. The average molecular weight is 586 g/mol. The monoisotopic (exact) mass is 585 g/mol. The fraction of sp³-hybridized carbons (Fsp3) is 0. The molecule has 1 aromatic heterocycles. The lowest BCUT2D eigenvalue weighted by Crippen LogP contribution is -1.97. The summed E-state index contributed by atoms with van der Waals surface area (Å²) in [5, 5.41) is 7.50. The van der Waals surface area contributed by atoms with Gasteiger partial charge in [0.15, 0.2) is 0 Å². The molecule has 0 radical (unpaired) electrons. The van der Waals surface area contributed by atoms with Gasteiger partial charge in [0.05, 0.1) is 11.0 Å². The molecule has 0 amide bonds. The van der Waals surface area contributed by atoms with Crippen LogP contribution < -0.4 is 4.74 Å². The van der Waals surface area contributed by atoms with E-state index in [9.17, 15) is 0 Å². The molecule has 0 N–H and O–H groups in total. The third-order valence-corrected chi connectivity index (χ3v) is 9.55. The fourth-order valence-electron chi connectivity index (χ4n) is 7.46. The Kier molecular flexibility index (Phi) is 5.31. The third kappa shape index (κ3) is 3.71. The first-order valence-electron chi connectivity index (χ1n) is 15.8. The maximum absolute atomic E-state index is 6.36. The molecule has 0 spiro atoms. The highest BCUT2D eigenvalue weighted by Gasteiger charge is 2.20. The van der Waals surface area contributed by atoms with Gasteiger partial charge in [-0.3, -0.25) is 0 Å². The molecule has 8 aromatic carbocycles. The normalized spacial score (nSPS) is 12.1. The molecule has 0 saturated carbocycles. The molecular weight excluding hydrogens is 558 g/mol. The molecule has 2 heterocycles. The molecule has 1 aliphatic rings. The minimum Gasteiger partial charge on any atom is -0.456 e. The molecule has 0 unspecified atom stereocenters. The summed E-state index contributed by atoms with van der Waals surface area (Å²) in [5.41, 5.74) is 10.7. The zero-order valence-electron chi connectivity index (χ0n) is 24.9. The summed E-state index contributed by atoms with van der Waals surface area (Å²) in [7, 11) is 0. The van der Waals surface area contributed by atoms with E-state index in [0.717, 1.165) is 22.7 Å². The van der Waals surface area contributed by atoms with E-state index in [2.05, 4.69) is 168 Å². The van der Waals surface area contributed by atoms with Crippen LogP contribution in [0.25, 0.3) is 82.4 Å². The van der Waals surface area contributed by atoms with Gasteiger partial charge in [-0.2, -0.15) is 0 Å². The SMILES string of the molecule is c1cc(-c2cccc(-n3c4ccccc4c4c5ccccc5ccc43)c2)cc(-c2ccc3c(c2)-c2cccc4cccc(c24)O3)c1. The number of aromatic nitrogens is 1. The van der Waals surface area contributed by atoms with Crippen molar-refractivity contribution in [1.82, 2.24) is 4.57 Å². The van der Waals surface area contributed by atoms with Crippen molar-refractivity contribution < 1.29 is 4.74 Å². The number of hydrogen-bond acceptors (Lipinski definition) is 1. The van der Waals surface area contributed by atoms with Gasteiger partial charge >= 0.3 is 0 Å². The number of ether oxygens (including phenoxy) is 1. The Morgan fingerprint density at radius 1 is 0.370 bits per heavy atom. The minimum atomic E-state index is 0.901. The van der Waals surface area contributed by atoms with Crippen molar-refractivity contribution in [2.45, 2.75) is 0 Å². The fourth-order valence-corrected chi connectivity index (χ4v) is 7.46. The second-order valence-electron chi connectivity index (χ2n) is 12.1. The molecule has 1 aliphatic heterocycles. The van der Waals surface area contributed by atoms with E-state index in [1.807, 2.05) is 0 Å². The number of fused-ring (bicyclic) bond motifs is 7. The zero-order valence-corrected chi connectivity index (χ0v) is 24.9. The first-order chi connectivity index (χ1) is 22.8. The predicted octanol–water partition coefficient (Wildman–Crippen LogP) is 12.2. The number of hydrogen-bond donors (Lipinski definition) is 0. The van der Waals surface area contributed by atoms with E-state index in [1.54, 1.807) is 0 Å². The number of para-hydroxylation sites is 1. The predicted molar refractivity (Wildman–Crippen MR) is 192 cm³/mol. The average Bonchev–Trinajstić information content (AvgIpc) is 3.47. The van der Waals surface area contributed by atoms with Crippen molar-refractivity contribution in [3.63, 3.8) is 0 Å². The van der Waals surface area contributed by atoms with E-state index < -0.39 is 0 Å².